The van der Waals surface area contributed by atoms with Crippen LogP contribution in [0.1, 0.15) is 5.56 Å². The molecule has 8 nitrogen and oxygen atoms in total. The third-order valence-electron chi connectivity index (χ3n) is 3.98. The maximum absolute atomic E-state index is 12.1. The van der Waals surface area contributed by atoms with E-state index in [9.17, 15) is 9.90 Å². The summed E-state index contributed by atoms with van der Waals surface area (Å²) in [4.78, 5) is 16.6. The summed E-state index contributed by atoms with van der Waals surface area (Å²) in [6.45, 7) is 0. The summed E-state index contributed by atoms with van der Waals surface area (Å²) in [5.74, 6) is 0.335. The zero-order valence-electron chi connectivity index (χ0n) is 15.7. The second kappa shape index (κ2) is 8.66. The minimum absolute atomic E-state index is 0.0926. The molecule has 3 aromatic rings. The third kappa shape index (κ3) is 4.20. The average Bonchev–Trinajstić information content (AvgIpc) is 3.03. The van der Waals surface area contributed by atoms with Gasteiger partial charge in [0.05, 0.1) is 37.2 Å². The third-order valence-corrected chi connectivity index (χ3v) is 5.01. The van der Waals surface area contributed by atoms with Crippen LogP contribution in [0.3, 0.4) is 0 Å². The van der Waals surface area contributed by atoms with Crippen LogP contribution >= 0.6 is 11.8 Å². The number of benzene rings is 2. The Labute approximate surface area is 166 Å². The van der Waals surface area contributed by atoms with Crippen LogP contribution in [0.25, 0.3) is 11.0 Å². The Hall–Kier alpha value is -3.20. The standard InChI is InChI=1S/C19H20N4O4S/c1-23-14-7-5-4-6-13(14)21-19(23)28-11-17(24)22-20-10-12-8-15(26-2)18(25)16(9-12)27-3/h4-10,25H,11H2,1-3H3,(H,22,24)/b20-10-. The first kappa shape index (κ1) is 19.6. The van der Waals surface area contributed by atoms with Gasteiger partial charge in [-0.1, -0.05) is 23.9 Å². The molecule has 0 aliphatic heterocycles. The van der Waals surface area contributed by atoms with Crippen molar-refractivity contribution in [3.63, 3.8) is 0 Å². The van der Waals surface area contributed by atoms with Gasteiger partial charge >= 0.3 is 0 Å². The molecule has 3 rings (SSSR count). The molecule has 0 saturated carbocycles. The minimum Gasteiger partial charge on any atom is -0.502 e. The second-order valence-electron chi connectivity index (χ2n) is 5.80. The van der Waals surface area contributed by atoms with Gasteiger partial charge in [0.15, 0.2) is 16.7 Å². The van der Waals surface area contributed by atoms with Crippen LogP contribution in [-0.2, 0) is 11.8 Å². The first-order valence-electron chi connectivity index (χ1n) is 8.34. The topological polar surface area (TPSA) is 98.0 Å². The number of aromatic hydroxyl groups is 1. The maximum atomic E-state index is 12.1. The minimum atomic E-state index is -0.258. The van der Waals surface area contributed by atoms with E-state index in [4.69, 9.17) is 9.47 Å². The van der Waals surface area contributed by atoms with E-state index in [0.717, 1.165) is 16.2 Å². The first-order chi connectivity index (χ1) is 13.5. The molecule has 0 radical (unpaired) electrons. The summed E-state index contributed by atoms with van der Waals surface area (Å²) < 4.78 is 12.1. The molecule has 1 aromatic heterocycles. The molecule has 28 heavy (non-hydrogen) atoms. The van der Waals surface area contributed by atoms with Crippen molar-refractivity contribution in [3.05, 3.63) is 42.0 Å². The Morgan fingerprint density at radius 2 is 1.96 bits per heavy atom. The molecule has 0 atom stereocenters. The molecule has 0 unspecified atom stereocenters. The van der Waals surface area contributed by atoms with Crippen molar-refractivity contribution < 1.29 is 19.4 Å². The van der Waals surface area contributed by atoms with Crippen LogP contribution in [0.5, 0.6) is 17.2 Å². The van der Waals surface area contributed by atoms with Crippen LogP contribution < -0.4 is 14.9 Å². The van der Waals surface area contributed by atoms with Crippen molar-refractivity contribution in [2.24, 2.45) is 12.1 Å². The molecule has 0 fully saturated rings. The summed E-state index contributed by atoms with van der Waals surface area (Å²) >= 11 is 1.33. The maximum Gasteiger partial charge on any atom is 0.250 e. The van der Waals surface area contributed by atoms with E-state index in [1.165, 1.54) is 32.2 Å². The average molecular weight is 400 g/mol. The van der Waals surface area contributed by atoms with Gasteiger partial charge in [0, 0.05) is 12.6 Å². The molecule has 146 valence electrons. The van der Waals surface area contributed by atoms with Gasteiger partial charge in [-0.15, -0.1) is 0 Å². The van der Waals surface area contributed by atoms with Gasteiger partial charge < -0.3 is 19.1 Å². The van der Waals surface area contributed by atoms with Gasteiger partial charge in [-0.25, -0.2) is 10.4 Å². The number of nitrogens with zero attached hydrogens (tertiary/aromatic N) is 3. The summed E-state index contributed by atoms with van der Waals surface area (Å²) in [5, 5.41) is 14.6. The number of fused-ring (bicyclic) bond motifs is 1. The van der Waals surface area contributed by atoms with Gasteiger partial charge in [0.25, 0.3) is 5.91 Å². The molecule has 0 saturated heterocycles. The SMILES string of the molecule is COc1cc(/C=N\NC(=O)CSc2nc3ccccc3n2C)cc(OC)c1O. The van der Waals surface area contributed by atoms with Crippen molar-refractivity contribution in [2.75, 3.05) is 20.0 Å². The normalized spacial score (nSPS) is 11.1. The number of carbonyl (C=O) groups excluding carboxylic acids is 1. The number of hydrogen-bond acceptors (Lipinski definition) is 7. The monoisotopic (exact) mass is 400 g/mol. The lowest BCUT2D eigenvalue weighted by Crippen LogP contribution is -2.19. The number of methoxy groups -OCH3 is 2. The molecule has 2 aromatic carbocycles. The highest BCUT2D eigenvalue weighted by Gasteiger charge is 2.11. The molecule has 0 aliphatic rings. The van der Waals surface area contributed by atoms with Crippen molar-refractivity contribution >= 4 is 34.9 Å². The van der Waals surface area contributed by atoms with E-state index in [0.29, 0.717) is 5.56 Å². The largest absolute Gasteiger partial charge is 0.502 e. The number of carbonyl (C=O) groups is 1. The van der Waals surface area contributed by atoms with Crippen molar-refractivity contribution in [1.29, 1.82) is 0 Å². The number of phenolic OH excluding ortho intramolecular Hbond substituents is 1. The van der Waals surface area contributed by atoms with E-state index in [2.05, 4.69) is 15.5 Å². The van der Waals surface area contributed by atoms with Crippen LogP contribution in [0.2, 0.25) is 0 Å². The molecule has 0 spiro atoms. The number of aryl methyl sites for hydroxylation is 1. The van der Waals surface area contributed by atoms with E-state index in [1.807, 2.05) is 35.9 Å². The number of hydrazone groups is 1. The zero-order valence-corrected chi connectivity index (χ0v) is 16.5. The molecular formula is C19H20N4O4S. The Balaban J connectivity index is 1.60. The van der Waals surface area contributed by atoms with Crippen LogP contribution in [0, 0.1) is 0 Å². The van der Waals surface area contributed by atoms with Gasteiger partial charge in [-0.3, -0.25) is 4.79 Å². The highest BCUT2D eigenvalue weighted by atomic mass is 32.2. The molecule has 0 aliphatic carbocycles. The quantitative estimate of drug-likeness (QED) is 0.359. The number of thioether (sulfide) groups is 1. The lowest BCUT2D eigenvalue weighted by atomic mass is 10.2. The molecule has 0 bridgehead atoms. The molecule has 1 amide bonds. The van der Waals surface area contributed by atoms with Gasteiger partial charge in [-0.2, -0.15) is 5.10 Å². The number of imidazole rings is 1. The zero-order chi connectivity index (χ0) is 20.1. The first-order valence-corrected chi connectivity index (χ1v) is 9.33. The Bertz CT molecular complexity index is 1010. The summed E-state index contributed by atoms with van der Waals surface area (Å²) in [5.41, 5.74) is 4.98. The van der Waals surface area contributed by atoms with Crippen molar-refractivity contribution in [2.45, 2.75) is 5.16 Å². The summed E-state index contributed by atoms with van der Waals surface area (Å²) in [6, 6.07) is 11.0. The number of hydrogen-bond donors (Lipinski definition) is 2. The van der Waals surface area contributed by atoms with Crippen LogP contribution in [-0.4, -0.2) is 46.8 Å². The van der Waals surface area contributed by atoms with Gasteiger partial charge in [0.2, 0.25) is 5.75 Å². The van der Waals surface area contributed by atoms with E-state index >= 15 is 0 Å². The predicted octanol–water partition coefficient (Wildman–Crippen LogP) is 2.54. The fourth-order valence-corrected chi connectivity index (χ4v) is 3.36. The number of aromatic nitrogens is 2. The number of nitrogens with one attached hydrogen (secondary N) is 1. The van der Waals surface area contributed by atoms with Crippen molar-refractivity contribution in [1.82, 2.24) is 15.0 Å². The summed E-state index contributed by atoms with van der Waals surface area (Å²) in [6.07, 6.45) is 1.45. The number of rotatable bonds is 7. The van der Waals surface area contributed by atoms with Crippen molar-refractivity contribution in [3.8, 4) is 17.2 Å². The molecule has 9 heteroatoms. The predicted molar refractivity (Wildman–Crippen MR) is 108 cm³/mol. The lowest BCUT2D eigenvalue weighted by Gasteiger charge is -2.09. The Morgan fingerprint density at radius 3 is 2.61 bits per heavy atom. The fraction of sp³-hybridized carbons (Fsp3) is 0.211. The van der Waals surface area contributed by atoms with E-state index in [1.54, 1.807) is 12.1 Å². The second-order valence-corrected chi connectivity index (χ2v) is 6.74. The van der Waals surface area contributed by atoms with Crippen LogP contribution in [0.4, 0.5) is 0 Å². The smallest absolute Gasteiger partial charge is 0.250 e. The number of para-hydroxylation sites is 2. The van der Waals surface area contributed by atoms with E-state index < -0.39 is 0 Å². The highest BCUT2D eigenvalue weighted by Crippen LogP contribution is 2.36. The molecule has 2 N–H and O–H groups in total. The van der Waals surface area contributed by atoms with E-state index in [-0.39, 0.29) is 28.9 Å². The fourth-order valence-electron chi connectivity index (χ4n) is 2.58. The summed E-state index contributed by atoms with van der Waals surface area (Å²) in [7, 11) is 4.80. The lowest BCUT2D eigenvalue weighted by molar-refractivity contribution is -0.118. The van der Waals surface area contributed by atoms with Crippen LogP contribution in [0.15, 0.2) is 46.7 Å². The molecular weight excluding hydrogens is 380 g/mol. The molecule has 1 heterocycles. The Kier molecular flexibility index (Phi) is 6.05. The van der Waals surface area contributed by atoms with Gasteiger partial charge in [-0.05, 0) is 24.3 Å². The Morgan fingerprint density at radius 1 is 1.29 bits per heavy atom. The van der Waals surface area contributed by atoms with Gasteiger partial charge in [0.1, 0.15) is 0 Å². The number of amides is 1. The number of ether oxygens (including phenoxy) is 2. The highest BCUT2D eigenvalue weighted by molar-refractivity contribution is 7.99. The number of phenols is 1.